The quantitative estimate of drug-likeness (QED) is 0.115. The lowest BCUT2D eigenvalue weighted by Gasteiger charge is -2.17. The summed E-state index contributed by atoms with van der Waals surface area (Å²) in [4.78, 5) is 0. The van der Waals surface area contributed by atoms with Crippen LogP contribution in [0, 0.1) is 0 Å². The van der Waals surface area contributed by atoms with Crippen LogP contribution in [-0.4, -0.2) is 8.80 Å². The Labute approximate surface area is 602 Å². The number of nitrogens with zero attached hydrogens (tertiary/aromatic N) is 2. The van der Waals surface area contributed by atoms with E-state index in [-0.39, 0.29) is 0 Å². The maximum absolute atomic E-state index is 2.66. The second kappa shape index (κ2) is 24.0. The van der Waals surface area contributed by atoms with Gasteiger partial charge in [-0.05, 0) is 170 Å². The molecule has 0 atom stereocenters. The number of hydrogen-bond donors (Lipinski definition) is 0. The monoisotopic (exact) mass is 1320 g/mol. The standard InChI is InChI=1S/C102H64N2/c1-9-29-65(30-10-1)77-45-25-46-78(66-31-11-2-12-32-66)93(77)73-55-59-89-87(61-73)99-97-85-57-53-76(96-83(71-41-21-7-22-42-71)51-28-52-84(96)72-43-23-8-24-44-72)64-92(85)104-90-60-56-74(94-79(67-33-13-3-14-34-67)47-26-48-80(94)68-35-15-4-16-36-68)62-88(90)100(102(97)104)98-86-58-54-75(63-91(86)103(89)101(98)99)95-81(69-37-17-5-18-38-69)49-27-50-82(95)70-39-19-6-20-40-70/h1-64H. The third kappa shape index (κ3) is 9.22. The average Bonchev–Trinajstić information content (AvgIpc) is 1.49. The van der Waals surface area contributed by atoms with Crippen molar-refractivity contribution in [1.29, 1.82) is 0 Å². The van der Waals surface area contributed by atoms with Crippen molar-refractivity contribution in [1.82, 2.24) is 8.80 Å². The lowest BCUT2D eigenvalue weighted by Crippen LogP contribution is -1.92. The van der Waals surface area contributed by atoms with E-state index in [9.17, 15) is 0 Å². The van der Waals surface area contributed by atoms with Crippen LogP contribution in [-0.2, 0) is 0 Å². The number of benzene rings is 17. The first-order chi connectivity index (χ1) is 51.7. The minimum absolute atomic E-state index is 1.16. The van der Waals surface area contributed by atoms with Crippen LogP contribution in [0.5, 0.6) is 0 Å². The summed E-state index contributed by atoms with van der Waals surface area (Å²) in [5.74, 6) is 0. The smallest absolute Gasteiger partial charge is 0.0634 e. The van der Waals surface area contributed by atoms with Gasteiger partial charge in [-0.25, -0.2) is 0 Å². The Bertz CT molecular complexity index is 6230. The van der Waals surface area contributed by atoms with E-state index >= 15 is 0 Å². The highest BCUT2D eigenvalue weighted by atomic mass is 14.9. The zero-order valence-corrected chi connectivity index (χ0v) is 56.8. The van der Waals surface area contributed by atoms with Gasteiger partial charge in [-0.2, -0.15) is 0 Å². The fraction of sp³-hybridized carbons (Fsp3) is 0. The summed E-state index contributed by atoms with van der Waals surface area (Å²) in [6.45, 7) is 0. The maximum Gasteiger partial charge on any atom is 0.0634 e. The second-order valence-electron chi connectivity index (χ2n) is 27.6. The molecule has 2 heteroatoms. The molecule has 104 heavy (non-hydrogen) atoms. The predicted molar refractivity (Wildman–Crippen MR) is 441 cm³/mol. The summed E-state index contributed by atoms with van der Waals surface area (Å²) in [6, 6.07) is 145. The van der Waals surface area contributed by atoms with Gasteiger partial charge in [-0.1, -0.05) is 352 Å². The van der Waals surface area contributed by atoms with Crippen LogP contribution in [0.2, 0.25) is 0 Å². The molecule has 0 aliphatic carbocycles. The van der Waals surface area contributed by atoms with Gasteiger partial charge in [0.1, 0.15) is 0 Å². The molecule has 0 saturated heterocycles. The summed E-state index contributed by atoms with van der Waals surface area (Å²) in [6.07, 6.45) is 0. The molecule has 0 bridgehead atoms. The van der Waals surface area contributed by atoms with Gasteiger partial charge in [0.25, 0.3) is 0 Å². The third-order valence-electron chi connectivity index (χ3n) is 22.0. The van der Waals surface area contributed by atoms with E-state index in [2.05, 4.69) is 397 Å². The molecule has 21 aromatic rings. The summed E-state index contributed by atoms with van der Waals surface area (Å²) < 4.78 is 5.32. The van der Waals surface area contributed by atoms with Gasteiger partial charge in [0.2, 0.25) is 0 Å². The fourth-order valence-electron chi connectivity index (χ4n) is 17.6. The first-order valence-electron chi connectivity index (χ1n) is 36.1. The Morgan fingerprint density at radius 2 is 0.337 bits per heavy atom. The van der Waals surface area contributed by atoms with Crippen molar-refractivity contribution >= 4 is 76.2 Å². The Balaban J connectivity index is 0.944. The van der Waals surface area contributed by atoms with E-state index in [4.69, 9.17) is 0 Å². The average molecular weight is 1320 g/mol. The first-order valence-corrected chi connectivity index (χ1v) is 36.1. The number of fused-ring (bicyclic) bond motifs is 14. The van der Waals surface area contributed by atoms with Crippen LogP contribution >= 0.6 is 0 Å². The van der Waals surface area contributed by atoms with Crippen LogP contribution in [0.4, 0.5) is 0 Å². The number of hydrogen-bond acceptors (Lipinski definition) is 0. The molecule has 0 aliphatic heterocycles. The summed E-state index contributed by atoms with van der Waals surface area (Å²) in [7, 11) is 0. The molecule has 0 unspecified atom stereocenters. The van der Waals surface area contributed by atoms with Gasteiger partial charge in [0.05, 0.1) is 33.1 Å². The predicted octanol–water partition coefficient (Wildman–Crippen LogP) is 28.0. The molecule has 21 rings (SSSR count). The SMILES string of the molecule is c1ccc(-c2cccc(-c3ccccc3)c2-c2ccc3c(c2)c2c4c5ccc(-c6c(-c7ccccc7)cccc6-c6ccccc6)cc5n5c6ccc(-c7c(-c8ccccc8)cccc7-c7ccccc7)cc6c(c6c7ccc(-c8c(-c9ccccc9)cccc8-c8ccccc8)cc7n3c26)c45)cc1. The van der Waals surface area contributed by atoms with Crippen molar-refractivity contribution in [3.05, 3.63) is 388 Å². The molecule has 0 spiro atoms. The van der Waals surface area contributed by atoms with E-state index in [0.29, 0.717) is 0 Å². The van der Waals surface area contributed by atoms with Gasteiger partial charge in [0.15, 0.2) is 0 Å². The molecule has 0 aliphatic rings. The molecular formula is C102H64N2. The van der Waals surface area contributed by atoms with Crippen LogP contribution in [0.1, 0.15) is 0 Å². The molecule has 0 saturated carbocycles. The van der Waals surface area contributed by atoms with Gasteiger partial charge >= 0.3 is 0 Å². The van der Waals surface area contributed by atoms with E-state index in [1.807, 2.05) is 0 Å². The number of aromatic nitrogens is 2. The highest BCUT2D eigenvalue weighted by Gasteiger charge is 2.32. The fourth-order valence-corrected chi connectivity index (χ4v) is 17.6. The molecular weight excluding hydrogens is 1250 g/mol. The molecule has 17 aromatic carbocycles. The Hall–Kier alpha value is -13.7. The van der Waals surface area contributed by atoms with Crippen LogP contribution in [0.3, 0.4) is 0 Å². The largest absolute Gasteiger partial charge is 0.308 e. The zero-order valence-electron chi connectivity index (χ0n) is 56.8. The van der Waals surface area contributed by atoms with E-state index in [1.165, 1.54) is 188 Å². The van der Waals surface area contributed by atoms with Crippen molar-refractivity contribution in [3.63, 3.8) is 0 Å². The second-order valence-corrected chi connectivity index (χ2v) is 27.6. The van der Waals surface area contributed by atoms with Crippen molar-refractivity contribution in [2.24, 2.45) is 0 Å². The molecule has 4 aromatic heterocycles. The number of rotatable bonds is 12. The Morgan fingerprint density at radius 1 is 0.135 bits per heavy atom. The normalized spacial score (nSPS) is 11.8. The maximum atomic E-state index is 2.66. The highest BCUT2D eigenvalue weighted by Crippen LogP contribution is 2.56. The van der Waals surface area contributed by atoms with Crippen molar-refractivity contribution < 1.29 is 0 Å². The first kappa shape index (κ1) is 59.2. The van der Waals surface area contributed by atoms with Gasteiger partial charge < -0.3 is 8.80 Å². The molecule has 4 heterocycles. The van der Waals surface area contributed by atoms with Crippen LogP contribution in [0.15, 0.2) is 388 Å². The van der Waals surface area contributed by atoms with E-state index < -0.39 is 0 Å². The topological polar surface area (TPSA) is 8.82 Å². The highest BCUT2D eigenvalue weighted by molar-refractivity contribution is 6.45. The van der Waals surface area contributed by atoms with Crippen molar-refractivity contribution in [2.75, 3.05) is 0 Å². The molecule has 2 nitrogen and oxygen atoms in total. The summed E-state index contributed by atoms with van der Waals surface area (Å²) >= 11 is 0. The molecule has 0 radical (unpaired) electrons. The van der Waals surface area contributed by atoms with Gasteiger partial charge in [0, 0.05) is 43.1 Å². The zero-order chi connectivity index (χ0) is 68.3. The van der Waals surface area contributed by atoms with E-state index in [1.54, 1.807) is 0 Å². The Morgan fingerprint density at radius 3 is 0.567 bits per heavy atom. The van der Waals surface area contributed by atoms with Crippen molar-refractivity contribution in [3.8, 4) is 134 Å². The minimum atomic E-state index is 1.16. The third-order valence-corrected chi connectivity index (χ3v) is 22.0. The van der Waals surface area contributed by atoms with E-state index in [0.717, 1.165) is 22.2 Å². The van der Waals surface area contributed by atoms with Crippen LogP contribution < -0.4 is 0 Å². The molecule has 482 valence electrons. The lowest BCUT2D eigenvalue weighted by atomic mass is 9.86. The lowest BCUT2D eigenvalue weighted by molar-refractivity contribution is 1.37. The van der Waals surface area contributed by atoms with Gasteiger partial charge in [-0.3, -0.25) is 0 Å². The minimum Gasteiger partial charge on any atom is -0.308 e. The summed E-state index contributed by atoms with van der Waals surface area (Å²) in [5, 5.41) is 9.85. The molecule has 0 N–H and O–H groups in total. The van der Waals surface area contributed by atoms with Crippen molar-refractivity contribution in [2.45, 2.75) is 0 Å². The van der Waals surface area contributed by atoms with Crippen LogP contribution in [0.25, 0.3) is 210 Å². The summed E-state index contributed by atoms with van der Waals surface area (Å²) in [5.41, 5.74) is 35.6. The molecule has 0 fully saturated rings. The van der Waals surface area contributed by atoms with Gasteiger partial charge in [-0.15, -0.1) is 0 Å². The Kier molecular flexibility index (Phi) is 13.7. The molecule has 0 amide bonds.